The Balaban J connectivity index is 1.61. The summed E-state index contributed by atoms with van der Waals surface area (Å²) in [6, 6.07) is 16.9. The van der Waals surface area contributed by atoms with E-state index in [1.807, 2.05) is 0 Å². The lowest BCUT2D eigenvalue weighted by Gasteiger charge is -2.21. The zero-order chi connectivity index (χ0) is 27.3. The zero-order valence-electron chi connectivity index (χ0n) is 20.2. The summed E-state index contributed by atoms with van der Waals surface area (Å²) in [6.07, 6.45) is 2.07. The average molecular weight is 596 g/mol. The van der Waals surface area contributed by atoms with Gasteiger partial charge in [-0.3, -0.25) is 4.79 Å². The number of ether oxygens (including phenoxy) is 1. The minimum absolute atomic E-state index is 0.000911. The number of nitrogens with zero attached hydrogens (tertiary/aromatic N) is 1. The minimum atomic E-state index is -3.93. The van der Waals surface area contributed by atoms with Gasteiger partial charge in [-0.15, -0.1) is 0 Å². The second-order valence-corrected chi connectivity index (χ2v) is 12.0. The zero-order valence-corrected chi connectivity index (χ0v) is 23.3. The van der Waals surface area contributed by atoms with Crippen molar-refractivity contribution in [3.8, 4) is 0 Å². The highest BCUT2D eigenvalue weighted by Crippen LogP contribution is 2.30. The van der Waals surface area contributed by atoms with Crippen LogP contribution in [0, 0.1) is 0 Å². The molecule has 11 heteroatoms. The highest BCUT2D eigenvalue weighted by molar-refractivity contribution is 7.89. The number of benzene rings is 3. The predicted molar refractivity (Wildman–Crippen MR) is 148 cm³/mol. The number of carbonyl (C=O) groups excluding carboxylic acids is 2. The first kappa shape index (κ1) is 28.4. The van der Waals surface area contributed by atoms with Crippen molar-refractivity contribution in [3.05, 3.63) is 92.9 Å². The molecular formula is C27H25Cl3N2O5S. The molecule has 1 aliphatic heterocycles. The van der Waals surface area contributed by atoms with Crippen molar-refractivity contribution < 1.29 is 22.7 Å². The van der Waals surface area contributed by atoms with E-state index in [0.29, 0.717) is 34.4 Å². The van der Waals surface area contributed by atoms with Crippen LogP contribution >= 0.6 is 34.8 Å². The highest BCUT2D eigenvalue weighted by atomic mass is 35.5. The third-order valence-electron chi connectivity index (χ3n) is 6.05. The lowest BCUT2D eigenvalue weighted by atomic mass is 10.1. The maximum Gasteiger partial charge on any atom is 0.339 e. The van der Waals surface area contributed by atoms with Crippen LogP contribution in [0.25, 0.3) is 0 Å². The van der Waals surface area contributed by atoms with E-state index in [-0.39, 0.29) is 15.5 Å². The Labute approximate surface area is 236 Å². The van der Waals surface area contributed by atoms with Crippen molar-refractivity contribution >= 4 is 62.4 Å². The largest absolute Gasteiger partial charge is 0.444 e. The molecule has 1 unspecified atom stereocenters. The van der Waals surface area contributed by atoms with Crippen molar-refractivity contribution in [1.29, 1.82) is 0 Å². The van der Waals surface area contributed by atoms with Gasteiger partial charge in [-0.05, 0) is 49.2 Å². The molecule has 38 heavy (non-hydrogen) atoms. The number of carbonyl (C=O) groups is 2. The molecule has 0 saturated carbocycles. The Morgan fingerprint density at radius 1 is 0.842 bits per heavy atom. The Hall–Kier alpha value is -2.62. The van der Waals surface area contributed by atoms with Crippen molar-refractivity contribution in [1.82, 2.24) is 4.31 Å². The van der Waals surface area contributed by atoms with Gasteiger partial charge in [0.2, 0.25) is 16.1 Å². The molecule has 1 aliphatic rings. The van der Waals surface area contributed by atoms with Crippen LogP contribution in [0.3, 0.4) is 0 Å². The smallest absolute Gasteiger partial charge is 0.339 e. The van der Waals surface area contributed by atoms with Crippen molar-refractivity contribution in [3.63, 3.8) is 0 Å². The molecule has 0 aromatic heterocycles. The van der Waals surface area contributed by atoms with E-state index in [1.165, 1.54) is 40.7 Å². The molecule has 1 atom stereocenters. The monoisotopic (exact) mass is 594 g/mol. The highest BCUT2D eigenvalue weighted by Gasteiger charge is 2.30. The number of amides is 1. The maximum atomic E-state index is 13.3. The van der Waals surface area contributed by atoms with Gasteiger partial charge < -0.3 is 10.1 Å². The summed E-state index contributed by atoms with van der Waals surface area (Å²) in [5, 5.41) is 3.30. The second kappa shape index (κ2) is 12.5. The summed E-state index contributed by atoms with van der Waals surface area (Å²) < 4.78 is 33.7. The fraction of sp³-hybridized carbons (Fsp3) is 0.259. The van der Waals surface area contributed by atoms with E-state index in [9.17, 15) is 18.0 Å². The van der Waals surface area contributed by atoms with Gasteiger partial charge in [0.25, 0.3) is 5.91 Å². The molecule has 1 heterocycles. The third-order valence-corrected chi connectivity index (χ3v) is 8.86. The molecule has 3 aromatic carbocycles. The van der Waals surface area contributed by atoms with Crippen LogP contribution in [0.5, 0.6) is 0 Å². The van der Waals surface area contributed by atoms with E-state index < -0.39 is 28.0 Å². The summed E-state index contributed by atoms with van der Waals surface area (Å²) >= 11 is 18.3. The lowest BCUT2D eigenvalue weighted by molar-refractivity contribution is -0.125. The summed E-state index contributed by atoms with van der Waals surface area (Å²) in [4.78, 5) is 26.3. The molecule has 1 saturated heterocycles. The molecule has 0 aliphatic carbocycles. The lowest BCUT2D eigenvalue weighted by Crippen LogP contribution is -2.32. The van der Waals surface area contributed by atoms with Gasteiger partial charge in [-0.25, -0.2) is 13.2 Å². The number of rotatable bonds is 7. The van der Waals surface area contributed by atoms with Crippen LogP contribution in [0.2, 0.25) is 15.1 Å². The van der Waals surface area contributed by atoms with Gasteiger partial charge in [0.1, 0.15) is 4.90 Å². The molecule has 0 radical (unpaired) electrons. The Kier molecular flexibility index (Phi) is 9.33. The molecule has 0 spiro atoms. The van der Waals surface area contributed by atoms with Gasteiger partial charge in [0, 0.05) is 34.4 Å². The average Bonchev–Trinajstić information content (AvgIpc) is 3.17. The molecule has 4 rings (SSSR count). The number of nitrogens with one attached hydrogen (secondary N) is 1. The van der Waals surface area contributed by atoms with Crippen molar-refractivity contribution in [2.75, 3.05) is 18.4 Å². The maximum absolute atomic E-state index is 13.3. The molecule has 200 valence electrons. The summed E-state index contributed by atoms with van der Waals surface area (Å²) in [7, 11) is -3.93. The Morgan fingerprint density at radius 3 is 2.11 bits per heavy atom. The van der Waals surface area contributed by atoms with Crippen LogP contribution in [-0.4, -0.2) is 37.7 Å². The molecule has 1 fully saturated rings. The van der Waals surface area contributed by atoms with Gasteiger partial charge in [0.05, 0.1) is 10.6 Å². The quantitative estimate of drug-likeness (QED) is 0.305. The molecule has 7 nitrogen and oxygen atoms in total. The van der Waals surface area contributed by atoms with Crippen LogP contribution in [0.15, 0.2) is 71.6 Å². The van der Waals surface area contributed by atoms with Crippen LogP contribution in [-0.2, 0) is 19.6 Å². The Bertz CT molecular complexity index is 1410. The van der Waals surface area contributed by atoms with E-state index in [4.69, 9.17) is 39.5 Å². The van der Waals surface area contributed by atoms with E-state index in [0.717, 1.165) is 25.7 Å². The fourth-order valence-corrected chi connectivity index (χ4v) is 6.70. The first-order valence-electron chi connectivity index (χ1n) is 12.0. The normalized spacial score (nSPS) is 15.3. The summed E-state index contributed by atoms with van der Waals surface area (Å²) in [6.45, 7) is 0.772. The number of esters is 1. The van der Waals surface area contributed by atoms with Crippen LogP contribution in [0.1, 0.15) is 47.7 Å². The number of sulfonamides is 1. The molecular weight excluding hydrogens is 571 g/mol. The van der Waals surface area contributed by atoms with E-state index >= 15 is 0 Å². The summed E-state index contributed by atoms with van der Waals surface area (Å²) in [5.41, 5.74) is 0.682. The van der Waals surface area contributed by atoms with Gasteiger partial charge in [-0.2, -0.15) is 4.31 Å². The van der Waals surface area contributed by atoms with Gasteiger partial charge in [0.15, 0.2) is 0 Å². The van der Waals surface area contributed by atoms with Crippen molar-refractivity contribution in [2.45, 2.75) is 36.7 Å². The number of hydrogen-bond donors (Lipinski definition) is 1. The molecule has 1 amide bonds. The predicted octanol–water partition coefficient (Wildman–Crippen LogP) is 6.75. The molecule has 1 N–H and O–H groups in total. The van der Waals surface area contributed by atoms with Gasteiger partial charge >= 0.3 is 5.97 Å². The third kappa shape index (κ3) is 6.87. The Morgan fingerprint density at radius 2 is 1.47 bits per heavy atom. The van der Waals surface area contributed by atoms with Crippen LogP contribution < -0.4 is 5.32 Å². The fourth-order valence-electron chi connectivity index (χ4n) is 4.16. The van der Waals surface area contributed by atoms with Crippen LogP contribution in [0.4, 0.5) is 5.69 Å². The SMILES string of the molecule is O=C(OC(C(=O)Nc1cc(Cl)cc(Cl)c1)c1ccccc1)c1ccc(Cl)c(S(=O)(=O)N2CCCCCC2)c1. The first-order chi connectivity index (χ1) is 18.1. The van der Waals surface area contributed by atoms with E-state index in [1.54, 1.807) is 30.3 Å². The molecule has 0 bridgehead atoms. The standard InChI is InChI=1S/C27H25Cl3N2O5S/c28-20-15-21(29)17-22(16-20)31-26(33)25(18-8-4-3-5-9-18)37-27(34)19-10-11-23(30)24(14-19)38(35,36)32-12-6-1-2-7-13-32/h3-5,8-11,14-17,25H,1-2,6-7,12-13H2,(H,31,33). The topological polar surface area (TPSA) is 92.8 Å². The summed E-state index contributed by atoms with van der Waals surface area (Å²) in [5.74, 6) is -1.53. The van der Waals surface area contributed by atoms with E-state index in [2.05, 4.69) is 5.32 Å². The van der Waals surface area contributed by atoms with Crippen molar-refractivity contribution in [2.24, 2.45) is 0 Å². The molecule has 3 aromatic rings. The first-order valence-corrected chi connectivity index (χ1v) is 14.5. The number of hydrogen-bond acceptors (Lipinski definition) is 5. The number of halogens is 3. The van der Waals surface area contributed by atoms with Gasteiger partial charge in [-0.1, -0.05) is 78.0 Å². The second-order valence-electron chi connectivity index (χ2n) is 8.81. The number of anilines is 1. The minimum Gasteiger partial charge on any atom is -0.444 e.